The van der Waals surface area contributed by atoms with Gasteiger partial charge >= 0.3 is 0 Å². The molecule has 0 bridgehead atoms. The number of anilines is 1. The van der Waals surface area contributed by atoms with Crippen molar-refractivity contribution < 1.29 is 4.79 Å². The summed E-state index contributed by atoms with van der Waals surface area (Å²) in [5, 5.41) is 3.11. The largest absolute Gasteiger partial charge is 0.371 e. The molecule has 1 atom stereocenters. The molecule has 0 saturated carbocycles. The van der Waals surface area contributed by atoms with Crippen molar-refractivity contribution in [3.63, 3.8) is 0 Å². The summed E-state index contributed by atoms with van der Waals surface area (Å²) < 4.78 is 0. The van der Waals surface area contributed by atoms with Gasteiger partial charge < -0.3 is 16.0 Å². The quantitative estimate of drug-likeness (QED) is 0.909. The van der Waals surface area contributed by atoms with Gasteiger partial charge in [-0.05, 0) is 37.5 Å². The Hall–Kier alpha value is -2.33. The van der Waals surface area contributed by atoms with Crippen molar-refractivity contribution in [3.8, 4) is 0 Å². The molecule has 1 fully saturated rings. The van der Waals surface area contributed by atoms with Crippen LogP contribution in [0.2, 0.25) is 0 Å². The van der Waals surface area contributed by atoms with Crippen molar-refractivity contribution in [1.29, 1.82) is 0 Å². The van der Waals surface area contributed by atoms with Crippen LogP contribution in [0.5, 0.6) is 0 Å². The Morgan fingerprint density at radius 1 is 1.08 bits per heavy atom. The van der Waals surface area contributed by atoms with Gasteiger partial charge in [0.05, 0.1) is 0 Å². The normalized spacial score (nSPS) is 16.7. The Balaban J connectivity index is 1.52. The molecule has 1 heterocycles. The maximum absolute atomic E-state index is 12.4. The molecule has 2 aromatic rings. The highest BCUT2D eigenvalue weighted by Gasteiger charge is 2.23. The van der Waals surface area contributed by atoms with E-state index in [-0.39, 0.29) is 11.9 Å². The third-order valence-electron chi connectivity index (χ3n) is 4.68. The zero-order valence-electron chi connectivity index (χ0n) is 14.1. The maximum Gasteiger partial charge on any atom is 0.241 e. The lowest BCUT2D eigenvalue weighted by Crippen LogP contribution is -2.47. The molecule has 3 N–H and O–H groups in total. The van der Waals surface area contributed by atoms with E-state index < -0.39 is 6.04 Å². The highest BCUT2D eigenvalue weighted by molar-refractivity contribution is 5.83. The first-order valence-corrected chi connectivity index (χ1v) is 8.56. The second-order valence-electron chi connectivity index (χ2n) is 6.49. The van der Waals surface area contributed by atoms with Gasteiger partial charge in [-0.15, -0.1) is 0 Å². The number of benzene rings is 2. The predicted molar refractivity (Wildman–Crippen MR) is 97.9 cm³/mol. The Labute approximate surface area is 143 Å². The first-order chi connectivity index (χ1) is 11.6. The van der Waals surface area contributed by atoms with E-state index in [2.05, 4.69) is 34.5 Å². The number of hydrogen-bond donors (Lipinski definition) is 2. The van der Waals surface area contributed by atoms with Crippen LogP contribution in [0.4, 0.5) is 5.69 Å². The van der Waals surface area contributed by atoms with Crippen molar-refractivity contribution in [3.05, 3.63) is 65.7 Å². The molecule has 1 amide bonds. The molecule has 4 heteroatoms. The van der Waals surface area contributed by atoms with E-state index in [0.29, 0.717) is 0 Å². The highest BCUT2D eigenvalue weighted by Crippen LogP contribution is 2.20. The number of amides is 1. The zero-order chi connectivity index (χ0) is 16.9. The topological polar surface area (TPSA) is 58.4 Å². The van der Waals surface area contributed by atoms with Crippen LogP contribution >= 0.6 is 0 Å². The minimum absolute atomic E-state index is 0.0861. The third kappa shape index (κ3) is 3.95. The monoisotopic (exact) mass is 323 g/mol. The highest BCUT2D eigenvalue weighted by atomic mass is 16.2. The molecule has 1 saturated heterocycles. The van der Waals surface area contributed by atoms with Crippen LogP contribution in [-0.2, 0) is 4.79 Å². The summed E-state index contributed by atoms with van der Waals surface area (Å²) >= 11 is 0. The second kappa shape index (κ2) is 7.49. The molecule has 2 aromatic carbocycles. The fourth-order valence-corrected chi connectivity index (χ4v) is 3.14. The lowest BCUT2D eigenvalue weighted by atomic mass is 10.0. The first-order valence-electron chi connectivity index (χ1n) is 8.56. The molecule has 24 heavy (non-hydrogen) atoms. The van der Waals surface area contributed by atoms with Gasteiger partial charge in [-0.25, -0.2) is 0 Å². The second-order valence-corrected chi connectivity index (χ2v) is 6.49. The minimum atomic E-state index is -0.599. The van der Waals surface area contributed by atoms with E-state index >= 15 is 0 Å². The molecule has 4 nitrogen and oxygen atoms in total. The molecular formula is C20H25N3O. The molecule has 0 aliphatic carbocycles. The maximum atomic E-state index is 12.4. The number of nitrogens with one attached hydrogen (secondary N) is 1. The fourth-order valence-electron chi connectivity index (χ4n) is 3.14. The van der Waals surface area contributed by atoms with Crippen molar-refractivity contribution in [1.82, 2.24) is 5.32 Å². The minimum Gasteiger partial charge on any atom is -0.371 e. The number of piperidine rings is 1. The summed E-state index contributed by atoms with van der Waals surface area (Å²) in [4.78, 5) is 14.8. The lowest BCUT2D eigenvalue weighted by molar-refractivity contribution is -0.123. The van der Waals surface area contributed by atoms with Crippen molar-refractivity contribution in [2.75, 3.05) is 18.0 Å². The fraction of sp³-hybridized carbons (Fsp3) is 0.350. The molecule has 126 valence electrons. The van der Waals surface area contributed by atoms with Gasteiger partial charge in [0.2, 0.25) is 5.91 Å². The molecule has 1 aliphatic heterocycles. The third-order valence-corrected chi connectivity index (χ3v) is 4.68. The average molecular weight is 323 g/mol. The summed E-state index contributed by atoms with van der Waals surface area (Å²) in [7, 11) is 0. The molecule has 0 radical (unpaired) electrons. The number of nitrogens with zero attached hydrogens (tertiary/aromatic N) is 1. The van der Waals surface area contributed by atoms with Crippen molar-refractivity contribution >= 4 is 11.6 Å². The van der Waals surface area contributed by atoms with Crippen LogP contribution in [0.1, 0.15) is 30.0 Å². The number of nitrogens with two attached hydrogens (primary N) is 1. The van der Waals surface area contributed by atoms with Gasteiger partial charge in [0, 0.05) is 24.8 Å². The number of hydrogen-bond acceptors (Lipinski definition) is 3. The Kier molecular flexibility index (Phi) is 5.16. The van der Waals surface area contributed by atoms with E-state index in [1.54, 1.807) is 0 Å². The molecular weight excluding hydrogens is 298 g/mol. The standard InChI is InChI=1S/C20H25N3O/c1-15-7-9-16(10-8-15)19(21)20(24)22-17-11-13-23(14-12-17)18-5-3-2-4-6-18/h2-10,17,19H,11-14,21H2,1H3,(H,22,24). The summed E-state index contributed by atoms with van der Waals surface area (Å²) in [6.45, 7) is 3.93. The number of aryl methyl sites for hydroxylation is 1. The predicted octanol–water partition coefficient (Wildman–Crippen LogP) is 2.78. The number of carbonyl (C=O) groups excluding carboxylic acids is 1. The molecule has 1 unspecified atom stereocenters. The lowest BCUT2D eigenvalue weighted by Gasteiger charge is -2.34. The molecule has 3 rings (SSSR count). The van der Waals surface area contributed by atoms with Crippen molar-refractivity contribution in [2.24, 2.45) is 5.73 Å². The van der Waals surface area contributed by atoms with Gasteiger partial charge in [0.25, 0.3) is 0 Å². The van der Waals surface area contributed by atoms with Crippen molar-refractivity contribution in [2.45, 2.75) is 31.8 Å². The van der Waals surface area contributed by atoms with Gasteiger partial charge in [-0.3, -0.25) is 4.79 Å². The Morgan fingerprint density at radius 2 is 1.71 bits per heavy atom. The SMILES string of the molecule is Cc1ccc(C(N)C(=O)NC2CCN(c3ccccc3)CC2)cc1. The van der Waals surface area contributed by atoms with Gasteiger partial charge in [0.15, 0.2) is 0 Å². The zero-order valence-corrected chi connectivity index (χ0v) is 14.1. The van der Waals surface area contributed by atoms with Crippen LogP contribution in [0.15, 0.2) is 54.6 Å². The summed E-state index contributed by atoms with van der Waals surface area (Å²) in [5.41, 5.74) is 9.38. The summed E-state index contributed by atoms with van der Waals surface area (Å²) in [6.07, 6.45) is 1.89. The van der Waals surface area contributed by atoms with E-state index in [4.69, 9.17) is 5.73 Å². The van der Waals surface area contributed by atoms with Crippen LogP contribution in [0, 0.1) is 6.92 Å². The smallest absolute Gasteiger partial charge is 0.241 e. The van der Waals surface area contributed by atoms with E-state index in [1.165, 1.54) is 11.3 Å². The summed E-state index contributed by atoms with van der Waals surface area (Å²) in [5.74, 6) is -0.0861. The molecule has 0 aromatic heterocycles. The number of para-hydroxylation sites is 1. The van der Waals surface area contributed by atoms with Gasteiger partial charge in [0.1, 0.15) is 6.04 Å². The average Bonchev–Trinajstić information content (AvgIpc) is 2.63. The molecule has 0 spiro atoms. The van der Waals surface area contributed by atoms with Crippen LogP contribution in [0.3, 0.4) is 0 Å². The Morgan fingerprint density at radius 3 is 2.33 bits per heavy atom. The van der Waals surface area contributed by atoms with E-state index in [1.807, 2.05) is 37.3 Å². The Bertz CT molecular complexity index is 661. The van der Waals surface area contributed by atoms with Crippen LogP contribution in [-0.4, -0.2) is 25.0 Å². The van der Waals surface area contributed by atoms with E-state index in [9.17, 15) is 4.79 Å². The van der Waals surface area contributed by atoms with Gasteiger partial charge in [-0.2, -0.15) is 0 Å². The molecule has 1 aliphatic rings. The number of rotatable bonds is 4. The summed E-state index contributed by atoms with van der Waals surface area (Å²) in [6, 6.07) is 17.8. The van der Waals surface area contributed by atoms with Crippen LogP contribution in [0.25, 0.3) is 0 Å². The van der Waals surface area contributed by atoms with Gasteiger partial charge in [-0.1, -0.05) is 48.0 Å². The number of carbonyl (C=O) groups is 1. The van der Waals surface area contributed by atoms with E-state index in [0.717, 1.165) is 31.5 Å². The van der Waals surface area contributed by atoms with Crippen LogP contribution < -0.4 is 16.0 Å². The first kappa shape index (κ1) is 16.5.